The summed E-state index contributed by atoms with van der Waals surface area (Å²) in [5.41, 5.74) is 1.63. The molecule has 104 valence electrons. The van der Waals surface area contributed by atoms with Crippen LogP contribution in [0.4, 0.5) is 11.4 Å². The van der Waals surface area contributed by atoms with Crippen molar-refractivity contribution >= 4 is 34.6 Å². The lowest BCUT2D eigenvalue weighted by molar-refractivity contribution is -0.114. The Morgan fingerprint density at radius 2 is 1.79 bits per heavy atom. The van der Waals surface area contributed by atoms with Gasteiger partial charge in [-0.05, 0) is 42.9 Å². The first-order chi connectivity index (χ1) is 9.11. The van der Waals surface area contributed by atoms with Crippen LogP contribution in [0.3, 0.4) is 0 Å². The lowest BCUT2D eigenvalue weighted by Gasteiger charge is -2.11. The molecule has 0 bridgehead atoms. The predicted octanol–water partition coefficient (Wildman–Crippen LogP) is 1.97. The first-order valence-electron chi connectivity index (χ1n) is 6.03. The van der Waals surface area contributed by atoms with Gasteiger partial charge in [0.05, 0.1) is 0 Å². The molecule has 6 heteroatoms. The maximum atomic E-state index is 10.9. The average molecular weight is 281 g/mol. The van der Waals surface area contributed by atoms with E-state index in [2.05, 4.69) is 16.0 Å². The number of nitrogens with one attached hydrogen (secondary N) is 3. The summed E-state index contributed by atoms with van der Waals surface area (Å²) in [6.07, 6.45) is 0.903. The third-order valence-electron chi connectivity index (χ3n) is 2.27. The number of amides is 1. The molecular weight excluding hydrogens is 262 g/mol. The van der Waals surface area contributed by atoms with E-state index in [1.54, 1.807) is 7.11 Å². The van der Waals surface area contributed by atoms with Crippen LogP contribution in [0.2, 0.25) is 0 Å². The summed E-state index contributed by atoms with van der Waals surface area (Å²) in [7, 11) is 1.67. The molecule has 0 aromatic heterocycles. The van der Waals surface area contributed by atoms with E-state index in [1.807, 2.05) is 24.3 Å². The van der Waals surface area contributed by atoms with Gasteiger partial charge in [-0.15, -0.1) is 0 Å². The molecule has 1 aromatic carbocycles. The molecule has 1 amide bonds. The Morgan fingerprint density at radius 1 is 1.21 bits per heavy atom. The van der Waals surface area contributed by atoms with Crippen molar-refractivity contribution in [3.63, 3.8) is 0 Å². The van der Waals surface area contributed by atoms with Gasteiger partial charge in [-0.25, -0.2) is 0 Å². The van der Waals surface area contributed by atoms with E-state index in [4.69, 9.17) is 17.0 Å². The highest BCUT2D eigenvalue weighted by atomic mass is 32.1. The number of benzene rings is 1. The van der Waals surface area contributed by atoms with Crippen molar-refractivity contribution in [2.24, 2.45) is 0 Å². The zero-order valence-corrected chi connectivity index (χ0v) is 12.0. The summed E-state index contributed by atoms with van der Waals surface area (Å²) in [6.45, 7) is 2.95. The topological polar surface area (TPSA) is 62.4 Å². The molecule has 1 rings (SSSR count). The Balaban J connectivity index is 2.36. The summed E-state index contributed by atoms with van der Waals surface area (Å²) in [6, 6.07) is 7.34. The van der Waals surface area contributed by atoms with Crippen LogP contribution in [-0.4, -0.2) is 31.3 Å². The quantitative estimate of drug-likeness (QED) is 0.549. The first-order valence-corrected chi connectivity index (χ1v) is 6.44. The minimum Gasteiger partial charge on any atom is -0.385 e. The molecule has 1 aromatic rings. The fraction of sp³-hybridized carbons (Fsp3) is 0.385. The van der Waals surface area contributed by atoms with Gasteiger partial charge in [0.25, 0.3) is 0 Å². The molecule has 0 saturated heterocycles. The second-order valence-corrected chi connectivity index (χ2v) is 4.39. The molecule has 3 N–H and O–H groups in total. The smallest absolute Gasteiger partial charge is 0.221 e. The van der Waals surface area contributed by atoms with Crippen LogP contribution in [0.5, 0.6) is 0 Å². The summed E-state index contributed by atoms with van der Waals surface area (Å²) in [5.74, 6) is -0.0870. The monoisotopic (exact) mass is 281 g/mol. The molecule has 0 heterocycles. The second-order valence-electron chi connectivity index (χ2n) is 3.99. The van der Waals surface area contributed by atoms with Crippen LogP contribution < -0.4 is 16.0 Å². The highest BCUT2D eigenvalue weighted by molar-refractivity contribution is 7.80. The van der Waals surface area contributed by atoms with Crippen LogP contribution in [0.25, 0.3) is 0 Å². The van der Waals surface area contributed by atoms with Crippen molar-refractivity contribution in [1.82, 2.24) is 5.32 Å². The fourth-order valence-corrected chi connectivity index (χ4v) is 1.65. The molecule has 0 fully saturated rings. The molecule has 0 aliphatic rings. The van der Waals surface area contributed by atoms with Gasteiger partial charge in [-0.1, -0.05) is 0 Å². The molecular formula is C13H19N3O2S. The molecule has 19 heavy (non-hydrogen) atoms. The number of hydrogen-bond donors (Lipinski definition) is 3. The van der Waals surface area contributed by atoms with Crippen LogP contribution >= 0.6 is 12.2 Å². The number of methoxy groups -OCH3 is 1. The average Bonchev–Trinajstić information content (AvgIpc) is 2.36. The van der Waals surface area contributed by atoms with E-state index in [-0.39, 0.29) is 5.91 Å². The minimum atomic E-state index is -0.0870. The van der Waals surface area contributed by atoms with Crippen molar-refractivity contribution in [2.45, 2.75) is 13.3 Å². The number of anilines is 2. The molecule has 0 radical (unpaired) electrons. The maximum absolute atomic E-state index is 10.9. The zero-order valence-electron chi connectivity index (χ0n) is 11.2. The van der Waals surface area contributed by atoms with Gasteiger partial charge in [0.15, 0.2) is 5.11 Å². The summed E-state index contributed by atoms with van der Waals surface area (Å²) in [5, 5.41) is 9.43. The van der Waals surface area contributed by atoms with Crippen molar-refractivity contribution in [3.05, 3.63) is 24.3 Å². The van der Waals surface area contributed by atoms with E-state index in [0.29, 0.717) is 11.7 Å². The lowest BCUT2D eigenvalue weighted by atomic mass is 10.3. The van der Waals surface area contributed by atoms with Crippen LogP contribution in [-0.2, 0) is 9.53 Å². The molecule has 0 spiro atoms. The van der Waals surface area contributed by atoms with E-state index in [0.717, 1.165) is 24.3 Å². The number of rotatable bonds is 6. The Morgan fingerprint density at radius 3 is 2.32 bits per heavy atom. The summed E-state index contributed by atoms with van der Waals surface area (Å²) >= 11 is 5.16. The van der Waals surface area contributed by atoms with Gasteiger partial charge in [-0.3, -0.25) is 4.79 Å². The zero-order chi connectivity index (χ0) is 14.1. The second kappa shape index (κ2) is 8.44. The molecule has 0 saturated carbocycles. The third kappa shape index (κ3) is 6.73. The Hall–Kier alpha value is -1.66. The normalized spacial score (nSPS) is 9.79. The molecule has 0 unspecified atom stereocenters. The highest BCUT2D eigenvalue weighted by Crippen LogP contribution is 2.13. The molecule has 0 aliphatic carbocycles. The minimum absolute atomic E-state index is 0.0870. The number of ether oxygens (including phenoxy) is 1. The van der Waals surface area contributed by atoms with Gasteiger partial charge in [0.1, 0.15) is 0 Å². The Bertz CT molecular complexity index is 420. The van der Waals surface area contributed by atoms with E-state index in [1.165, 1.54) is 6.92 Å². The van der Waals surface area contributed by atoms with E-state index in [9.17, 15) is 4.79 Å². The third-order valence-corrected chi connectivity index (χ3v) is 2.52. The van der Waals surface area contributed by atoms with Gasteiger partial charge < -0.3 is 20.7 Å². The number of hydrogen-bond acceptors (Lipinski definition) is 3. The summed E-state index contributed by atoms with van der Waals surface area (Å²) < 4.78 is 4.95. The number of carbonyl (C=O) groups is 1. The molecule has 0 atom stereocenters. The maximum Gasteiger partial charge on any atom is 0.221 e. The number of thiocarbonyl (C=S) groups is 1. The van der Waals surface area contributed by atoms with Gasteiger partial charge in [0, 0.05) is 38.6 Å². The van der Waals surface area contributed by atoms with Gasteiger partial charge in [-0.2, -0.15) is 0 Å². The standard InChI is InChI=1S/C13H19N3O2S/c1-10(17)15-11-4-6-12(7-5-11)16-13(19)14-8-3-9-18-2/h4-7H,3,8-9H2,1-2H3,(H,15,17)(H2,14,16,19). The van der Waals surface area contributed by atoms with Crippen molar-refractivity contribution in [2.75, 3.05) is 30.9 Å². The predicted molar refractivity (Wildman–Crippen MR) is 81.5 cm³/mol. The fourth-order valence-electron chi connectivity index (χ4n) is 1.43. The molecule has 5 nitrogen and oxygen atoms in total. The number of carbonyl (C=O) groups excluding carboxylic acids is 1. The van der Waals surface area contributed by atoms with Crippen LogP contribution in [0.1, 0.15) is 13.3 Å². The van der Waals surface area contributed by atoms with E-state index < -0.39 is 0 Å². The van der Waals surface area contributed by atoms with Crippen LogP contribution in [0.15, 0.2) is 24.3 Å². The SMILES string of the molecule is COCCCNC(=S)Nc1ccc(NC(C)=O)cc1. The van der Waals surface area contributed by atoms with Crippen LogP contribution in [0, 0.1) is 0 Å². The van der Waals surface area contributed by atoms with Gasteiger partial charge >= 0.3 is 0 Å². The summed E-state index contributed by atoms with van der Waals surface area (Å²) in [4.78, 5) is 10.9. The Labute approximate surface area is 118 Å². The van der Waals surface area contributed by atoms with Gasteiger partial charge in [0.2, 0.25) is 5.91 Å². The van der Waals surface area contributed by atoms with E-state index >= 15 is 0 Å². The van der Waals surface area contributed by atoms with Crippen molar-refractivity contribution < 1.29 is 9.53 Å². The molecule has 0 aliphatic heterocycles. The van der Waals surface area contributed by atoms with Crippen molar-refractivity contribution in [1.29, 1.82) is 0 Å². The largest absolute Gasteiger partial charge is 0.385 e. The van der Waals surface area contributed by atoms with Crippen molar-refractivity contribution in [3.8, 4) is 0 Å². The first kappa shape index (κ1) is 15.4. The lowest BCUT2D eigenvalue weighted by Crippen LogP contribution is -2.29. The Kier molecular flexibility index (Phi) is 6.84. The highest BCUT2D eigenvalue weighted by Gasteiger charge is 1.99.